The lowest BCUT2D eigenvalue weighted by Crippen LogP contribution is -2.44. The number of nitrogens with zero attached hydrogens (tertiary/aromatic N) is 5. The first-order chi connectivity index (χ1) is 11.3. The molecular weight excluding hydrogens is 294 g/mol. The topological polar surface area (TPSA) is 75.8 Å². The highest BCUT2D eigenvalue weighted by atomic mass is 16.5. The molecule has 1 saturated heterocycles. The third-order valence-electron chi connectivity index (χ3n) is 5.28. The number of methoxy groups -OCH3 is 1. The van der Waals surface area contributed by atoms with E-state index in [2.05, 4.69) is 20.2 Å². The van der Waals surface area contributed by atoms with Crippen LogP contribution in [0.4, 0.5) is 0 Å². The van der Waals surface area contributed by atoms with Crippen molar-refractivity contribution >= 4 is 5.65 Å². The molecule has 2 atom stereocenters. The van der Waals surface area contributed by atoms with Crippen molar-refractivity contribution in [2.24, 2.45) is 0 Å². The number of aliphatic hydroxyl groups excluding tert-OH is 1. The molecule has 1 N–H and O–H groups in total. The molecular formula is C16H23N5O2. The van der Waals surface area contributed by atoms with Gasteiger partial charge in [0.15, 0.2) is 11.5 Å². The van der Waals surface area contributed by atoms with E-state index in [1.54, 1.807) is 13.2 Å². The number of piperidine rings is 1. The Labute approximate surface area is 135 Å². The van der Waals surface area contributed by atoms with Gasteiger partial charge >= 0.3 is 0 Å². The molecule has 4 rings (SSSR count). The predicted octanol–water partition coefficient (Wildman–Crippen LogP) is 1.23. The fraction of sp³-hybridized carbons (Fsp3) is 0.688. The SMILES string of the molecule is COc1ccc2nnc(C3CCN(C4CCCC4O)CC3)n2n1. The van der Waals surface area contributed by atoms with E-state index in [0.717, 1.165) is 56.7 Å². The molecule has 124 valence electrons. The zero-order valence-electron chi connectivity index (χ0n) is 13.4. The van der Waals surface area contributed by atoms with Gasteiger partial charge in [0.1, 0.15) is 0 Å². The number of rotatable bonds is 3. The number of fused-ring (bicyclic) bond motifs is 1. The van der Waals surface area contributed by atoms with E-state index in [1.807, 2.05) is 10.6 Å². The molecule has 2 aromatic heterocycles. The average molecular weight is 317 g/mol. The van der Waals surface area contributed by atoms with Crippen LogP contribution in [-0.4, -0.2) is 62.2 Å². The fourth-order valence-electron chi connectivity index (χ4n) is 3.99. The molecule has 0 bridgehead atoms. The van der Waals surface area contributed by atoms with E-state index in [0.29, 0.717) is 17.8 Å². The van der Waals surface area contributed by atoms with E-state index in [4.69, 9.17) is 4.74 Å². The third kappa shape index (κ3) is 2.68. The summed E-state index contributed by atoms with van der Waals surface area (Å²) < 4.78 is 7.02. The summed E-state index contributed by atoms with van der Waals surface area (Å²) in [7, 11) is 1.61. The number of aliphatic hydroxyl groups is 1. The third-order valence-corrected chi connectivity index (χ3v) is 5.28. The molecule has 0 radical (unpaired) electrons. The Morgan fingerprint density at radius 1 is 1.13 bits per heavy atom. The minimum atomic E-state index is -0.147. The summed E-state index contributed by atoms with van der Waals surface area (Å²) in [6.07, 6.45) is 5.13. The Balaban J connectivity index is 1.50. The van der Waals surface area contributed by atoms with Gasteiger partial charge in [0.25, 0.3) is 0 Å². The van der Waals surface area contributed by atoms with Crippen LogP contribution in [0.15, 0.2) is 12.1 Å². The quantitative estimate of drug-likeness (QED) is 0.917. The van der Waals surface area contributed by atoms with Crippen LogP contribution in [0.1, 0.15) is 43.8 Å². The van der Waals surface area contributed by atoms with E-state index in [-0.39, 0.29) is 6.10 Å². The molecule has 1 aliphatic carbocycles. The molecule has 0 spiro atoms. The van der Waals surface area contributed by atoms with E-state index in [9.17, 15) is 5.11 Å². The summed E-state index contributed by atoms with van der Waals surface area (Å²) in [6, 6.07) is 4.04. The molecule has 0 amide bonds. The zero-order chi connectivity index (χ0) is 15.8. The molecule has 1 saturated carbocycles. The fourth-order valence-corrected chi connectivity index (χ4v) is 3.99. The molecule has 1 aliphatic heterocycles. The number of ether oxygens (including phenoxy) is 1. The van der Waals surface area contributed by atoms with E-state index < -0.39 is 0 Å². The Morgan fingerprint density at radius 2 is 1.96 bits per heavy atom. The van der Waals surface area contributed by atoms with Gasteiger partial charge in [-0.25, -0.2) is 0 Å². The molecule has 2 unspecified atom stereocenters. The summed E-state index contributed by atoms with van der Waals surface area (Å²) in [5.41, 5.74) is 0.759. The maximum atomic E-state index is 10.1. The van der Waals surface area contributed by atoms with E-state index in [1.165, 1.54) is 0 Å². The van der Waals surface area contributed by atoms with Gasteiger partial charge in [-0.05, 0) is 51.3 Å². The highest BCUT2D eigenvalue weighted by Crippen LogP contribution is 2.32. The normalized spacial score (nSPS) is 26.9. The van der Waals surface area contributed by atoms with Gasteiger partial charge in [-0.1, -0.05) is 0 Å². The van der Waals surface area contributed by atoms with Crippen molar-refractivity contribution in [3.63, 3.8) is 0 Å². The summed E-state index contributed by atoms with van der Waals surface area (Å²) in [6.45, 7) is 2.01. The van der Waals surface area contributed by atoms with Crippen LogP contribution < -0.4 is 4.74 Å². The second-order valence-corrected chi connectivity index (χ2v) is 6.58. The predicted molar refractivity (Wildman–Crippen MR) is 84.5 cm³/mol. The molecule has 0 aromatic carbocycles. The monoisotopic (exact) mass is 317 g/mol. The summed E-state index contributed by atoms with van der Waals surface area (Å²) in [5.74, 6) is 1.86. The van der Waals surface area contributed by atoms with Crippen molar-refractivity contribution in [1.82, 2.24) is 24.7 Å². The van der Waals surface area contributed by atoms with Gasteiger partial charge in [0.05, 0.1) is 13.2 Å². The average Bonchev–Trinajstić information content (AvgIpc) is 3.20. The molecule has 3 heterocycles. The molecule has 7 heteroatoms. The Bertz CT molecular complexity index is 680. The Morgan fingerprint density at radius 3 is 2.65 bits per heavy atom. The van der Waals surface area contributed by atoms with Crippen LogP contribution in [0.2, 0.25) is 0 Å². The Kier molecular flexibility index (Phi) is 3.90. The maximum Gasteiger partial charge on any atom is 0.231 e. The van der Waals surface area contributed by atoms with E-state index >= 15 is 0 Å². The van der Waals surface area contributed by atoms with Crippen molar-refractivity contribution in [1.29, 1.82) is 0 Å². The van der Waals surface area contributed by atoms with Crippen LogP contribution in [0.3, 0.4) is 0 Å². The van der Waals surface area contributed by atoms with Crippen LogP contribution in [0.25, 0.3) is 5.65 Å². The first-order valence-corrected chi connectivity index (χ1v) is 8.44. The second-order valence-electron chi connectivity index (χ2n) is 6.58. The second kappa shape index (κ2) is 6.05. The smallest absolute Gasteiger partial charge is 0.231 e. The lowest BCUT2D eigenvalue weighted by atomic mass is 9.94. The molecule has 2 aromatic rings. The van der Waals surface area contributed by atoms with Crippen LogP contribution in [0.5, 0.6) is 5.88 Å². The van der Waals surface area contributed by atoms with Crippen LogP contribution in [0, 0.1) is 0 Å². The number of likely N-dealkylation sites (tertiary alicyclic amines) is 1. The van der Waals surface area contributed by atoms with Crippen molar-refractivity contribution in [3.8, 4) is 5.88 Å². The number of hydrogen-bond acceptors (Lipinski definition) is 6. The van der Waals surface area contributed by atoms with Crippen molar-refractivity contribution < 1.29 is 9.84 Å². The van der Waals surface area contributed by atoms with Crippen molar-refractivity contribution in [2.45, 2.75) is 50.2 Å². The number of hydrogen-bond donors (Lipinski definition) is 1. The van der Waals surface area contributed by atoms with Crippen molar-refractivity contribution in [2.75, 3.05) is 20.2 Å². The number of aromatic nitrogens is 4. The first-order valence-electron chi connectivity index (χ1n) is 8.44. The molecule has 2 fully saturated rings. The van der Waals surface area contributed by atoms with Gasteiger partial charge in [-0.2, -0.15) is 4.52 Å². The first kappa shape index (κ1) is 14.8. The van der Waals surface area contributed by atoms with Gasteiger partial charge in [0.2, 0.25) is 5.88 Å². The maximum absolute atomic E-state index is 10.1. The zero-order valence-corrected chi connectivity index (χ0v) is 13.4. The molecule has 23 heavy (non-hydrogen) atoms. The lowest BCUT2D eigenvalue weighted by molar-refractivity contribution is 0.0545. The Hall–Kier alpha value is -1.73. The van der Waals surface area contributed by atoms with Gasteiger partial charge in [-0.15, -0.1) is 15.3 Å². The van der Waals surface area contributed by atoms with Crippen LogP contribution >= 0.6 is 0 Å². The van der Waals surface area contributed by atoms with Crippen molar-refractivity contribution in [3.05, 3.63) is 18.0 Å². The highest BCUT2D eigenvalue weighted by molar-refractivity contribution is 5.38. The highest BCUT2D eigenvalue weighted by Gasteiger charge is 2.34. The summed E-state index contributed by atoms with van der Waals surface area (Å²) in [5, 5.41) is 23.1. The van der Waals surface area contributed by atoms with Gasteiger partial charge in [0, 0.05) is 18.0 Å². The molecule has 2 aliphatic rings. The molecule has 7 nitrogen and oxygen atoms in total. The lowest BCUT2D eigenvalue weighted by Gasteiger charge is -2.36. The standard InChI is InChI=1S/C16H23N5O2/c1-23-15-6-5-14-17-18-16(21(14)19-15)11-7-9-20(10-8-11)12-3-2-4-13(12)22/h5-6,11-13,22H,2-4,7-10H2,1H3. The minimum absolute atomic E-state index is 0.147. The minimum Gasteiger partial charge on any atom is -0.480 e. The van der Waals surface area contributed by atoms with Crippen LogP contribution in [-0.2, 0) is 0 Å². The summed E-state index contributed by atoms with van der Waals surface area (Å²) >= 11 is 0. The van der Waals surface area contributed by atoms with Gasteiger partial charge < -0.3 is 9.84 Å². The van der Waals surface area contributed by atoms with Gasteiger partial charge in [-0.3, -0.25) is 4.90 Å². The summed E-state index contributed by atoms with van der Waals surface area (Å²) in [4.78, 5) is 2.45. The largest absolute Gasteiger partial charge is 0.480 e.